The molecule has 0 heterocycles. The van der Waals surface area contributed by atoms with Crippen molar-refractivity contribution in [3.8, 4) is 0 Å². The number of nitrogens with zero attached hydrogens (tertiary/aromatic N) is 1. The van der Waals surface area contributed by atoms with Crippen LogP contribution in [0.1, 0.15) is 18.5 Å². The average Bonchev–Trinajstić information content (AvgIpc) is 2.52. The molecule has 0 aliphatic carbocycles. The lowest BCUT2D eigenvalue weighted by atomic mass is 10.1. The van der Waals surface area contributed by atoms with Gasteiger partial charge in [0, 0.05) is 8.05 Å². The maximum absolute atomic E-state index is 12.6. The van der Waals surface area contributed by atoms with Crippen LogP contribution < -0.4 is 4.31 Å². The number of allylic oxidation sites excluding steroid dienone is 1. The fourth-order valence-electron chi connectivity index (χ4n) is 2.34. The van der Waals surface area contributed by atoms with Gasteiger partial charge in [-0.1, -0.05) is 64.5 Å². The van der Waals surface area contributed by atoms with Crippen molar-refractivity contribution in [2.75, 3.05) is 10.6 Å². The van der Waals surface area contributed by atoms with Crippen LogP contribution in [-0.2, 0) is 10.0 Å². The predicted octanol–water partition coefficient (Wildman–Crippen LogP) is 5.10. The van der Waals surface area contributed by atoms with Crippen molar-refractivity contribution >= 4 is 54.2 Å². The minimum absolute atomic E-state index is 0.438. The lowest BCUT2D eigenvalue weighted by Crippen LogP contribution is -2.35. The molecule has 0 bridgehead atoms. The van der Waals surface area contributed by atoms with E-state index in [2.05, 4.69) is 38.5 Å². The smallest absolute Gasteiger partial charge is 0.233 e. The lowest BCUT2D eigenvalue weighted by molar-refractivity contribution is 0.592. The molecule has 0 aliphatic heterocycles. The molecule has 6 heteroatoms. The van der Waals surface area contributed by atoms with Gasteiger partial charge in [-0.15, -0.1) is 0 Å². The molecule has 0 saturated heterocycles. The monoisotopic (exact) mass is 505 g/mol. The van der Waals surface area contributed by atoms with E-state index in [1.165, 1.54) is 10.6 Å². The number of anilines is 1. The summed E-state index contributed by atoms with van der Waals surface area (Å²) < 4.78 is 28.3. The summed E-state index contributed by atoms with van der Waals surface area (Å²) in [6.45, 7) is 1.89. The number of sulfonamides is 1. The summed E-state index contributed by atoms with van der Waals surface area (Å²) in [6, 6.07) is 16.6. The highest BCUT2D eigenvalue weighted by Gasteiger charge is 2.31. The van der Waals surface area contributed by atoms with Crippen LogP contribution in [0.2, 0.25) is 0 Å². The molecule has 0 amide bonds. The van der Waals surface area contributed by atoms with Gasteiger partial charge < -0.3 is 0 Å². The standard InChI is InChI=1S/C17H17BrINO2S/c1-3-14(18)17(13-9-5-4-6-10-13)20(23(2,21)22)16-12-8-7-11-15(16)19/h3-12,17H,1-2H3/b14-3+. The Balaban J connectivity index is 2.72. The zero-order valence-corrected chi connectivity index (χ0v) is 17.3. The third-order valence-corrected chi connectivity index (χ3v) is 6.26. The van der Waals surface area contributed by atoms with E-state index in [1.54, 1.807) is 0 Å². The summed E-state index contributed by atoms with van der Waals surface area (Å²) in [5, 5.41) is 0. The zero-order valence-electron chi connectivity index (χ0n) is 12.8. The van der Waals surface area contributed by atoms with E-state index in [0.29, 0.717) is 5.69 Å². The highest BCUT2D eigenvalue weighted by molar-refractivity contribution is 14.1. The van der Waals surface area contributed by atoms with Gasteiger partial charge in [0.1, 0.15) is 6.04 Å². The van der Waals surface area contributed by atoms with Gasteiger partial charge in [0.25, 0.3) is 0 Å². The molecule has 0 saturated carbocycles. The van der Waals surface area contributed by atoms with E-state index in [9.17, 15) is 8.42 Å². The Hall–Kier alpha value is -0.860. The largest absolute Gasteiger partial charge is 0.257 e. The summed E-state index contributed by atoms with van der Waals surface area (Å²) in [4.78, 5) is 0. The molecule has 0 aliphatic rings. The predicted molar refractivity (Wildman–Crippen MR) is 108 cm³/mol. The first-order valence-corrected chi connectivity index (χ1v) is 10.7. The van der Waals surface area contributed by atoms with Crippen LogP contribution in [0.15, 0.2) is 65.2 Å². The van der Waals surface area contributed by atoms with Crippen LogP contribution in [0.4, 0.5) is 5.69 Å². The van der Waals surface area contributed by atoms with Crippen molar-refractivity contribution in [3.05, 3.63) is 74.3 Å². The van der Waals surface area contributed by atoms with Crippen LogP contribution in [0.5, 0.6) is 0 Å². The Morgan fingerprint density at radius 2 is 1.70 bits per heavy atom. The number of benzene rings is 2. The molecule has 0 fully saturated rings. The van der Waals surface area contributed by atoms with Crippen molar-refractivity contribution in [1.82, 2.24) is 0 Å². The zero-order chi connectivity index (χ0) is 17.0. The first-order chi connectivity index (χ1) is 10.9. The highest BCUT2D eigenvalue weighted by Crippen LogP contribution is 2.39. The van der Waals surface area contributed by atoms with Gasteiger partial charge in [0.15, 0.2) is 0 Å². The molecular formula is C17H17BrINO2S. The molecule has 2 aromatic rings. The van der Waals surface area contributed by atoms with E-state index in [4.69, 9.17) is 0 Å². The van der Waals surface area contributed by atoms with E-state index < -0.39 is 16.1 Å². The van der Waals surface area contributed by atoms with Gasteiger partial charge in [-0.2, -0.15) is 0 Å². The second kappa shape index (κ2) is 7.81. The first kappa shape index (κ1) is 18.5. The van der Waals surface area contributed by atoms with Crippen molar-refractivity contribution in [1.29, 1.82) is 0 Å². The molecule has 0 radical (unpaired) electrons. The topological polar surface area (TPSA) is 37.4 Å². The number of para-hydroxylation sites is 1. The average molecular weight is 506 g/mol. The van der Waals surface area contributed by atoms with Crippen LogP contribution >= 0.6 is 38.5 Å². The Morgan fingerprint density at radius 1 is 1.13 bits per heavy atom. The molecule has 3 nitrogen and oxygen atoms in total. The molecule has 122 valence electrons. The minimum atomic E-state index is -3.49. The summed E-state index contributed by atoms with van der Waals surface area (Å²) >= 11 is 5.71. The van der Waals surface area contributed by atoms with Crippen LogP contribution in [0.25, 0.3) is 0 Å². The molecule has 0 aromatic heterocycles. The maximum Gasteiger partial charge on any atom is 0.233 e. The van der Waals surface area contributed by atoms with Gasteiger partial charge in [-0.25, -0.2) is 8.42 Å². The third kappa shape index (κ3) is 4.36. The normalized spacial score (nSPS) is 13.7. The lowest BCUT2D eigenvalue weighted by Gasteiger charge is -2.32. The molecular weight excluding hydrogens is 489 g/mol. The number of hydrogen-bond acceptors (Lipinski definition) is 2. The number of halogens is 2. The van der Waals surface area contributed by atoms with Crippen LogP contribution in [0.3, 0.4) is 0 Å². The van der Waals surface area contributed by atoms with Crippen molar-refractivity contribution in [2.24, 2.45) is 0 Å². The molecule has 1 unspecified atom stereocenters. The molecule has 1 atom stereocenters. The minimum Gasteiger partial charge on any atom is -0.257 e. The van der Waals surface area contributed by atoms with Gasteiger partial charge in [0.2, 0.25) is 10.0 Å². The Labute approximate surface area is 159 Å². The summed E-state index contributed by atoms with van der Waals surface area (Å²) in [7, 11) is -3.49. The molecule has 0 spiro atoms. The second-order valence-corrected chi connectivity index (χ2v) is 8.93. The van der Waals surface area contributed by atoms with E-state index in [-0.39, 0.29) is 0 Å². The Morgan fingerprint density at radius 3 is 2.22 bits per heavy atom. The van der Waals surface area contributed by atoms with Crippen LogP contribution in [0, 0.1) is 3.57 Å². The first-order valence-electron chi connectivity index (χ1n) is 6.97. The molecule has 0 N–H and O–H groups in total. The molecule has 23 heavy (non-hydrogen) atoms. The maximum atomic E-state index is 12.6. The summed E-state index contributed by atoms with van der Waals surface area (Å²) in [5.74, 6) is 0. The Kier molecular flexibility index (Phi) is 6.27. The summed E-state index contributed by atoms with van der Waals surface area (Å²) in [6.07, 6.45) is 3.12. The SMILES string of the molecule is C/C=C(/Br)C(c1ccccc1)N(c1ccccc1I)S(C)(=O)=O. The summed E-state index contributed by atoms with van der Waals surface area (Å²) in [5.41, 5.74) is 1.57. The highest BCUT2D eigenvalue weighted by atomic mass is 127. The van der Waals surface area contributed by atoms with E-state index in [0.717, 1.165) is 13.6 Å². The Bertz CT molecular complexity index is 806. The fourth-order valence-corrected chi connectivity index (χ4v) is 4.89. The van der Waals surface area contributed by atoms with E-state index >= 15 is 0 Å². The van der Waals surface area contributed by atoms with Gasteiger partial charge in [-0.3, -0.25) is 4.31 Å². The van der Waals surface area contributed by atoms with Gasteiger partial charge in [0.05, 0.1) is 11.9 Å². The van der Waals surface area contributed by atoms with Crippen LogP contribution in [-0.4, -0.2) is 14.7 Å². The van der Waals surface area contributed by atoms with E-state index in [1.807, 2.05) is 67.6 Å². The molecule has 2 rings (SSSR count). The van der Waals surface area contributed by atoms with Gasteiger partial charge >= 0.3 is 0 Å². The second-order valence-electron chi connectivity index (χ2n) is 5.00. The van der Waals surface area contributed by atoms with Crippen molar-refractivity contribution in [2.45, 2.75) is 13.0 Å². The molecule has 2 aromatic carbocycles. The van der Waals surface area contributed by atoms with Crippen molar-refractivity contribution < 1.29 is 8.42 Å². The third-order valence-electron chi connectivity index (χ3n) is 3.33. The quantitative estimate of drug-likeness (QED) is 0.530. The van der Waals surface area contributed by atoms with Gasteiger partial charge in [-0.05, 0) is 47.2 Å². The number of hydrogen-bond donors (Lipinski definition) is 0. The fraction of sp³-hybridized carbons (Fsp3) is 0.176. The number of rotatable bonds is 5. The van der Waals surface area contributed by atoms with Crippen molar-refractivity contribution in [3.63, 3.8) is 0 Å².